The van der Waals surface area contributed by atoms with Crippen LogP contribution in [-0.2, 0) is 4.79 Å². The fourth-order valence-corrected chi connectivity index (χ4v) is 2.59. The van der Waals surface area contributed by atoms with Gasteiger partial charge in [-0.25, -0.2) is 0 Å². The number of carbonyl (C=O) groups excluding carboxylic acids is 2. The summed E-state index contributed by atoms with van der Waals surface area (Å²) in [7, 11) is 1.54. The normalized spacial score (nSPS) is 10.0. The van der Waals surface area contributed by atoms with Crippen molar-refractivity contribution in [1.29, 1.82) is 0 Å². The number of aryl methyl sites for hydroxylation is 1. The van der Waals surface area contributed by atoms with Crippen LogP contribution >= 0.6 is 15.9 Å². The maximum absolute atomic E-state index is 12.0. The molecule has 0 aliphatic carbocycles. The van der Waals surface area contributed by atoms with Gasteiger partial charge in [-0.05, 0) is 52.7 Å². The van der Waals surface area contributed by atoms with E-state index in [4.69, 9.17) is 4.74 Å². The molecule has 6 heteroatoms. The molecular formula is C17H17BrN2O3. The van der Waals surface area contributed by atoms with Gasteiger partial charge >= 0.3 is 0 Å². The van der Waals surface area contributed by atoms with Crippen LogP contribution < -0.4 is 15.4 Å². The van der Waals surface area contributed by atoms with Gasteiger partial charge in [0, 0.05) is 7.05 Å². The summed E-state index contributed by atoms with van der Waals surface area (Å²) >= 11 is 3.39. The van der Waals surface area contributed by atoms with Crippen LogP contribution in [0.3, 0.4) is 0 Å². The number of benzene rings is 2. The molecule has 120 valence electrons. The molecule has 0 heterocycles. The maximum atomic E-state index is 12.0. The van der Waals surface area contributed by atoms with Crippen LogP contribution in [0.25, 0.3) is 0 Å². The summed E-state index contributed by atoms with van der Waals surface area (Å²) in [6.07, 6.45) is 0. The van der Waals surface area contributed by atoms with Crippen molar-refractivity contribution in [3.8, 4) is 5.75 Å². The topological polar surface area (TPSA) is 67.4 Å². The zero-order valence-electron chi connectivity index (χ0n) is 12.9. The van der Waals surface area contributed by atoms with Crippen LogP contribution in [0.4, 0.5) is 5.69 Å². The lowest BCUT2D eigenvalue weighted by atomic mass is 10.1. The second-order valence-electron chi connectivity index (χ2n) is 4.90. The number of nitrogens with one attached hydrogen (secondary N) is 2. The Morgan fingerprint density at radius 2 is 1.91 bits per heavy atom. The van der Waals surface area contributed by atoms with Crippen molar-refractivity contribution < 1.29 is 14.3 Å². The number of anilines is 1. The average molecular weight is 377 g/mol. The second kappa shape index (κ2) is 7.78. The Morgan fingerprint density at radius 1 is 1.17 bits per heavy atom. The lowest BCUT2D eigenvalue weighted by Crippen LogP contribution is -2.24. The van der Waals surface area contributed by atoms with Gasteiger partial charge in [0.1, 0.15) is 5.75 Å². The summed E-state index contributed by atoms with van der Waals surface area (Å²) in [5.41, 5.74) is 1.94. The number of ether oxygens (including phenoxy) is 1. The Kier molecular flexibility index (Phi) is 5.76. The third-order valence-electron chi connectivity index (χ3n) is 3.12. The molecule has 0 aliphatic rings. The van der Waals surface area contributed by atoms with E-state index >= 15 is 0 Å². The van der Waals surface area contributed by atoms with Gasteiger partial charge in [0.15, 0.2) is 6.61 Å². The molecular weight excluding hydrogens is 360 g/mol. The van der Waals surface area contributed by atoms with Gasteiger partial charge in [0.05, 0.1) is 15.7 Å². The first-order valence-electron chi connectivity index (χ1n) is 7.01. The molecule has 0 bridgehead atoms. The third kappa shape index (κ3) is 4.56. The van der Waals surface area contributed by atoms with Crippen LogP contribution in [0, 0.1) is 6.92 Å². The summed E-state index contributed by atoms with van der Waals surface area (Å²) in [6.45, 7) is 1.82. The highest BCUT2D eigenvalue weighted by Crippen LogP contribution is 2.25. The van der Waals surface area contributed by atoms with Gasteiger partial charge in [0.2, 0.25) is 0 Å². The van der Waals surface area contributed by atoms with Gasteiger partial charge in [-0.2, -0.15) is 0 Å². The molecule has 0 atom stereocenters. The molecule has 2 aromatic rings. The molecule has 0 fully saturated rings. The van der Waals surface area contributed by atoms with Crippen molar-refractivity contribution >= 4 is 33.4 Å². The fourth-order valence-electron chi connectivity index (χ4n) is 1.98. The van der Waals surface area contributed by atoms with Gasteiger partial charge in [-0.1, -0.05) is 18.2 Å². The first-order valence-corrected chi connectivity index (χ1v) is 7.80. The maximum Gasteiger partial charge on any atom is 0.262 e. The molecule has 2 amide bonds. The van der Waals surface area contributed by atoms with Crippen molar-refractivity contribution in [2.45, 2.75) is 6.92 Å². The minimum atomic E-state index is -0.339. The van der Waals surface area contributed by atoms with E-state index in [-0.39, 0.29) is 18.4 Å². The highest BCUT2D eigenvalue weighted by atomic mass is 79.9. The Hall–Kier alpha value is -2.34. The average Bonchev–Trinajstić information content (AvgIpc) is 2.54. The van der Waals surface area contributed by atoms with Crippen LogP contribution in [0.1, 0.15) is 15.9 Å². The predicted octanol–water partition coefficient (Wildman–Crippen LogP) is 3.13. The largest absolute Gasteiger partial charge is 0.483 e. The summed E-state index contributed by atoms with van der Waals surface area (Å²) in [5, 5.41) is 5.22. The molecule has 0 unspecified atom stereocenters. The first-order chi connectivity index (χ1) is 11.0. The van der Waals surface area contributed by atoms with E-state index in [0.717, 1.165) is 10.0 Å². The van der Waals surface area contributed by atoms with Crippen LogP contribution in [0.5, 0.6) is 5.75 Å². The van der Waals surface area contributed by atoms with Crippen molar-refractivity contribution in [1.82, 2.24) is 5.32 Å². The summed E-state index contributed by atoms with van der Waals surface area (Å²) < 4.78 is 6.28. The number of hydrogen-bond donors (Lipinski definition) is 2. The molecule has 0 aromatic heterocycles. The van der Waals surface area contributed by atoms with E-state index in [1.165, 1.54) is 0 Å². The van der Waals surface area contributed by atoms with Crippen molar-refractivity contribution in [3.63, 3.8) is 0 Å². The molecule has 0 spiro atoms. The predicted molar refractivity (Wildman–Crippen MR) is 92.8 cm³/mol. The summed E-state index contributed by atoms with van der Waals surface area (Å²) in [5.74, 6) is -0.0118. The smallest absolute Gasteiger partial charge is 0.262 e. The second-order valence-corrected chi connectivity index (χ2v) is 5.75. The zero-order valence-corrected chi connectivity index (χ0v) is 14.4. The molecule has 0 radical (unpaired) electrons. The Morgan fingerprint density at radius 3 is 2.61 bits per heavy atom. The molecule has 2 N–H and O–H groups in total. The summed E-state index contributed by atoms with van der Waals surface area (Å²) in [6, 6.07) is 12.4. The molecule has 5 nitrogen and oxygen atoms in total. The molecule has 23 heavy (non-hydrogen) atoms. The van der Waals surface area contributed by atoms with Gasteiger partial charge < -0.3 is 15.4 Å². The van der Waals surface area contributed by atoms with Crippen LogP contribution in [-0.4, -0.2) is 25.5 Å². The van der Waals surface area contributed by atoms with Crippen LogP contribution in [0.15, 0.2) is 46.9 Å². The quantitative estimate of drug-likeness (QED) is 0.842. The Labute approximate surface area is 143 Å². The molecule has 2 rings (SSSR count). The van der Waals surface area contributed by atoms with E-state index in [0.29, 0.717) is 17.0 Å². The Bertz CT molecular complexity index is 732. The SMILES string of the molecule is CNC(=O)c1ccccc1NC(=O)COc1ccc(C)cc1Br. The highest BCUT2D eigenvalue weighted by molar-refractivity contribution is 9.10. The molecule has 0 saturated heterocycles. The minimum Gasteiger partial charge on any atom is -0.483 e. The number of amides is 2. The van der Waals surface area contributed by atoms with Gasteiger partial charge in [-0.3, -0.25) is 9.59 Å². The fraction of sp³-hybridized carbons (Fsp3) is 0.176. The van der Waals surface area contributed by atoms with Gasteiger partial charge in [-0.15, -0.1) is 0 Å². The number of para-hydroxylation sites is 1. The monoisotopic (exact) mass is 376 g/mol. The molecule has 0 saturated carbocycles. The number of halogens is 1. The third-order valence-corrected chi connectivity index (χ3v) is 3.74. The number of hydrogen-bond acceptors (Lipinski definition) is 3. The van der Waals surface area contributed by atoms with Crippen molar-refractivity contribution in [2.75, 3.05) is 19.0 Å². The van der Waals surface area contributed by atoms with E-state index in [1.54, 1.807) is 37.4 Å². The molecule has 2 aromatic carbocycles. The van der Waals surface area contributed by atoms with Crippen molar-refractivity contribution in [2.24, 2.45) is 0 Å². The van der Waals surface area contributed by atoms with Gasteiger partial charge in [0.25, 0.3) is 11.8 Å². The molecule has 0 aliphatic heterocycles. The van der Waals surface area contributed by atoms with E-state index in [9.17, 15) is 9.59 Å². The first kappa shape index (κ1) is 17.0. The van der Waals surface area contributed by atoms with E-state index < -0.39 is 0 Å². The zero-order chi connectivity index (χ0) is 16.8. The van der Waals surface area contributed by atoms with Crippen molar-refractivity contribution in [3.05, 3.63) is 58.1 Å². The number of carbonyl (C=O) groups is 2. The summed E-state index contributed by atoms with van der Waals surface area (Å²) in [4.78, 5) is 23.8. The minimum absolute atomic E-state index is 0.149. The number of rotatable bonds is 5. The van der Waals surface area contributed by atoms with Crippen LogP contribution in [0.2, 0.25) is 0 Å². The standard InChI is InChI=1S/C17H17BrN2O3/c1-11-7-8-15(13(18)9-11)23-10-16(21)20-14-6-4-3-5-12(14)17(22)19-2/h3-9H,10H2,1-2H3,(H,19,22)(H,20,21). The Balaban J connectivity index is 2.01. The lowest BCUT2D eigenvalue weighted by Gasteiger charge is -2.11. The van der Waals surface area contributed by atoms with E-state index in [1.807, 2.05) is 19.1 Å². The highest BCUT2D eigenvalue weighted by Gasteiger charge is 2.12. The lowest BCUT2D eigenvalue weighted by molar-refractivity contribution is -0.118. The van der Waals surface area contributed by atoms with E-state index in [2.05, 4.69) is 26.6 Å².